The fraction of sp³-hybridized carbons (Fsp3) is 0.419. The standard InChI is InChI=1S/C31H35ClN4O4/c1-30(2,3)27-18-28(35-40-27)34-29(37)33-24-10-7-22(8-11-24)5-6-23-9-12-26(25(32)17-23)39-16-4-14-36-15-13-31(19-36)20-38-21-31/h7-12,17-18H,4,13-16,19-21H2,1-3H3,(H2,33,34,35,37). The van der Waals surface area contributed by atoms with Gasteiger partial charge >= 0.3 is 6.03 Å². The smallest absolute Gasteiger partial charge is 0.324 e. The van der Waals surface area contributed by atoms with Crippen molar-refractivity contribution in [3.63, 3.8) is 0 Å². The molecule has 2 fully saturated rings. The molecule has 3 aromatic rings. The van der Waals surface area contributed by atoms with E-state index in [2.05, 4.69) is 32.5 Å². The normalized spacial score (nSPS) is 16.2. The molecule has 0 unspecified atom stereocenters. The molecule has 2 aliphatic rings. The Morgan fingerprint density at radius 3 is 2.50 bits per heavy atom. The van der Waals surface area contributed by atoms with Crippen LogP contribution in [0.4, 0.5) is 16.3 Å². The number of aromatic nitrogens is 1. The van der Waals surface area contributed by atoms with Crippen LogP contribution in [0.3, 0.4) is 0 Å². The van der Waals surface area contributed by atoms with Crippen molar-refractivity contribution in [1.29, 1.82) is 0 Å². The van der Waals surface area contributed by atoms with Crippen molar-refractivity contribution in [2.24, 2.45) is 5.41 Å². The molecular weight excluding hydrogens is 528 g/mol. The van der Waals surface area contributed by atoms with Gasteiger partial charge in [-0.05, 0) is 61.9 Å². The van der Waals surface area contributed by atoms with Crippen LogP contribution in [0.1, 0.15) is 50.5 Å². The maximum atomic E-state index is 12.3. The molecule has 1 spiro atoms. The van der Waals surface area contributed by atoms with Gasteiger partial charge in [0.05, 0.1) is 24.8 Å². The number of hydrogen-bond acceptors (Lipinski definition) is 6. The van der Waals surface area contributed by atoms with E-state index in [9.17, 15) is 4.79 Å². The number of carbonyl (C=O) groups is 1. The van der Waals surface area contributed by atoms with Gasteiger partial charge in [-0.15, -0.1) is 0 Å². The lowest BCUT2D eigenvalue weighted by atomic mass is 9.85. The number of likely N-dealkylation sites (tertiary alicyclic amines) is 1. The Kier molecular flexibility index (Phi) is 8.36. The number of halogens is 1. The van der Waals surface area contributed by atoms with Gasteiger partial charge in [0, 0.05) is 46.8 Å². The molecule has 210 valence electrons. The average Bonchev–Trinajstić information content (AvgIpc) is 3.55. The zero-order chi connectivity index (χ0) is 28.2. The minimum atomic E-state index is -0.405. The summed E-state index contributed by atoms with van der Waals surface area (Å²) in [6, 6.07) is 14.2. The van der Waals surface area contributed by atoms with Crippen LogP contribution < -0.4 is 15.4 Å². The van der Waals surface area contributed by atoms with Gasteiger partial charge in [-0.1, -0.05) is 49.4 Å². The Hall–Kier alpha value is -3.51. The summed E-state index contributed by atoms with van der Waals surface area (Å²) in [6.45, 7) is 11.8. The van der Waals surface area contributed by atoms with Crippen LogP contribution in [-0.2, 0) is 10.2 Å². The van der Waals surface area contributed by atoms with Crippen LogP contribution in [0.25, 0.3) is 0 Å². The number of urea groups is 1. The molecule has 2 aromatic carbocycles. The molecule has 0 atom stereocenters. The van der Waals surface area contributed by atoms with Gasteiger partial charge in [0.1, 0.15) is 11.5 Å². The summed E-state index contributed by atoms with van der Waals surface area (Å²) in [4.78, 5) is 14.8. The molecule has 0 radical (unpaired) electrons. The first-order valence-electron chi connectivity index (χ1n) is 13.6. The van der Waals surface area contributed by atoms with Crippen LogP contribution in [0.5, 0.6) is 5.75 Å². The summed E-state index contributed by atoms with van der Waals surface area (Å²) < 4.78 is 16.6. The first-order chi connectivity index (χ1) is 19.2. The molecule has 9 heteroatoms. The van der Waals surface area contributed by atoms with Crippen LogP contribution in [0.2, 0.25) is 5.02 Å². The van der Waals surface area contributed by atoms with Gasteiger partial charge < -0.3 is 24.2 Å². The van der Waals surface area contributed by atoms with E-state index in [1.165, 1.54) is 6.42 Å². The number of hydrogen-bond donors (Lipinski definition) is 2. The number of carbonyl (C=O) groups excluding carboxylic acids is 1. The molecular formula is C31H35ClN4O4. The van der Waals surface area contributed by atoms with Gasteiger partial charge in [-0.25, -0.2) is 4.79 Å². The summed E-state index contributed by atoms with van der Waals surface area (Å²) in [5.41, 5.74) is 2.47. The number of nitrogens with one attached hydrogen (secondary N) is 2. The maximum Gasteiger partial charge on any atom is 0.324 e. The molecule has 0 aliphatic carbocycles. The van der Waals surface area contributed by atoms with Crippen molar-refractivity contribution < 1.29 is 18.8 Å². The number of ether oxygens (including phenoxy) is 2. The Bertz CT molecular complexity index is 1400. The van der Waals surface area contributed by atoms with Gasteiger partial charge in [0.15, 0.2) is 5.82 Å². The lowest BCUT2D eigenvalue weighted by molar-refractivity contribution is -0.105. The molecule has 2 N–H and O–H groups in total. The third-order valence-corrected chi connectivity index (χ3v) is 7.42. The second kappa shape index (κ2) is 11.9. The second-order valence-electron chi connectivity index (χ2n) is 11.6. The molecule has 3 heterocycles. The minimum absolute atomic E-state index is 0.190. The molecule has 1 aromatic heterocycles. The van der Waals surface area contributed by atoms with E-state index in [1.807, 2.05) is 51.1 Å². The molecule has 0 bridgehead atoms. The first kappa shape index (κ1) is 28.0. The predicted octanol–water partition coefficient (Wildman–Crippen LogP) is 6.16. The number of benzene rings is 2. The fourth-order valence-corrected chi connectivity index (χ4v) is 4.99. The molecule has 40 heavy (non-hydrogen) atoms. The Morgan fingerprint density at radius 2 is 1.85 bits per heavy atom. The molecule has 0 saturated carbocycles. The number of amides is 2. The van der Waals surface area contributed by atoms with Gasteiger partial charge in [0.2, 0.25) is 0 Å². The van der Waals surface area contributed by atoms with E-state index in [4.69, 9.17) is 25.6 Å². The van der Waals surface area contributed by atoms with Gasteiger partial charge in [0.25, 0.3) is 0 Å². The topological polar surface area (TPSA) is 88.9 Å². The maximum absolute atomic E-state index is 12.3. The molecule has 8 nitrogen and oxygen atoms in total. The van der Waals surface area contributed by atoms with Crippen molar-refractivity contribution in [3.8, 4) is 17.6 Å². The SMILES string of the molecule is CC(C)(C)c1cc(NC(=O)Nc2ccc(C#Cc3ccc(OCCCN4CCC5(COC5)C4)c(Cl)c3)cc2)no1. The average molecular weight is 563 g/mol. The summed E-state index contributed by atoms with van der Waals surface area (Å²) in [7, 11) is 0. The van der Waals surface area contributed by atoms with E-state index < -0.39 is 6.03 Å². The van der Waals surface area contributed by atoms with Crippen LogP contribution in [0, 0.1) is 17.3 Å². The predicted molar refractivity (Wildman–Crippen MR) is 156 cm³/mol. The lowest BCUT2D eigenvalue weighted by Gasteiger charge is -2.37. The summed E-state index contributed by atoms with van der Waals surface area (Å²) in [6.07, 6.45) is 2.20. The number of rotatable bonds is 7. The van der Waals surface area contributed by atoms with Crippen LogP contribution in [0.15, 0.2) is 53.1 Å². The van der Waals surface area contributed by atoms with E-state index >= 15 is 0 Å². The Labute approximate surface area is 240 Å². The van der Waals surface area contributed by atoms with Crippen molar-refractivity contribution in [2.45, 2.75) is 39.0 Å². The highest BCUT2D eigenvalue weighted by Crippen LogP contribution is 2.37. The fourth-order valence-electron chi connectivity index (χ4n) is 4.76. The zero-order valence-corrected chi connectivity index (χ0v) is 23.9. The van der Waals surface area contributed by atoms with E-state index in [-0.39, 0.29) is 5.41 Å². The van der Waals surface area contributed by atoms with Crippen molar-refractivity contribution >= 4 is 29.1 Å². The third kappa shape index (κ3) is 7.16. The third-order valence-electron chi connectivity index (χ3n) is 7.13. The summed E-state index contributed by atoms with van der Waals surface area (Å²) >= 11 is 6.46. The Balaban J connectivity index is 1.07. The Morgan fingerprint density at radius 1 is 1.10 bits per heavy atom. The number of nitrogens with zero attached hydrogens (tertiary/aromatic N) is 2. The van der Waals surface area contributed by atoms with Gasteiger partial charge in [-0.2, -0.15) is 0 Å². The molecule has 2 amide bonds. The summed E-state index contributed by atoms with van der Waals surface area (Å²) in [5, 5.41) is 9.90. The largest absolute Gasteiger partial charge is 0.492 e. The molecule has 2 saturated heterocycles. The quantitative estimate of drug-likeness (QED) is 0.265. The van der Waals surface area contributed by atoms with E-state index in [0.717, 1.165) is 50.4 Å². The highest BCUT2D eigenvalue weighted by Gasteiger charge is 2.43. The zero-order valence-electron chi connectivity index (χ0n) is 23.2. The first-order valence-corrected chi connectivity index (χ1v) is 14.0. The van der Waals surface area contributed by atoms with Crippen molar-refractivity contribution in [2.75, 3.05) is 50.1 Å². The summed E-state index contributed by atoms with van der Waals surface area (Å²) in [5.74, 6) is 7.99. The highest BCUT2D eigenvalue weighted by molar-refractivity contribution is 6.32. The van der Waals surface area contributed by atoms with Crippen molar-refractivity contribution in [3.05, 3.63) is 70.4 Å². The van der Waals surface area contributed by atoms with Gasteiger partial charge in [-0.3, -0.25) is 5.32 Å². The van der Waals surface area contributed by atoms with E-state index in [1.54, 1.807) is 18.2 Å². The van der Waals surface area contributed by atoms with Crippen LogP contribution in [-0.4, -0.2) is 55.5 Å². The minimum Gasteiger partial charge on any atom is -0.492 e. The molecule has 2 aliphatic heterocycles. The number of anilines is 2. The van der Waals surface area contributed by atoms with Crippen molar-refractivity contribution in [1.82, 2.24) is 10.1 Å². The van der Waals surface area contributed by atoms with Crippen LogP contribution >= 0.6 is 11.6 Å². The lowest BCUT2D eigenvalue weighted by Crippen LogP contribution is -2.44. The van der Waals surface area contributed by atoms with E-state index in [0.29, 0.717) is 40.1 Å². The monoisotopic (exact) mass is 562 g/mol. The molecule has 5 rings (SSSR count). The second-order valence-corrected chi connectivity index (χ2v) is 12.0. The highest BCUT2D eigenvalue weighted by atomic mass is 35.5.